The number of nitrogens with zero attached hydrogens (tertiary/aromatic N) is 6. The number of benzene rings is 2. The number of carbonyl (C=O) groups is 1. The SMILES string of the molecule is Cc1ccc(CNC(=O)Cn2ncc3c(N4CCN(c5ccccc5)CC4)ncnc32)cc1. The zero-order valence-electron chi connectivity index (χ0n) is 18.7. The highest BCUT2D eigenvalue weighted by Crippen LogP contribution is 2.25. The van der Waals surface area contributed by atoms with Crippen molar-refractivity contribution in [1.82, 2.24) is 25.1 Å². The van der Waals surface area contributed by atoms with Crippen molar-refractivity contribution in [3.8, 4) is 0 Å². The first-order valence-electron chi connectivity index (χ1n) is 11.2. The van der Waals surface area contributed by atoms with E-state index >= 15 is 0 Å². The van der Waals surface area contributed by atoms with Crippen molar-refractivity contribution < 1.29 is 4.79 Å². The van der Waals surface area contributed by atoms with Crippen LogP contribution in [0.2, 0.25) is 0 Å². The molecular weight excluding hydrogens is 414 g/mol. The van der Waals surface area contributed by atoms with Crippen molar-refractivity contribution in [3.05, 3.63) is 78.2 Å². The monoisotopic (exact) mass is 441 g/mol. The molecule has 3 heterocycles. The number of carbonyl (C=O) groups excluding carboxylic acids is 1. The van der Waals surface area contributed by atoms with E-state index in [1.165, 1.54) is 11.3 Å². The van der Waals surface area contributed by atoms with Gasteiger partial charge < -0.3 is 15.1 Å². The minimum Gasteiger partial charge on any atom is -0.368 e. The molecule has 2 aromatic heterocycles. The number of aryl methyl sites for hydroxylation is 1. The largest absolute Gasteiger partial charge is 0.368 e. The van der Waals surface area contributed by atoms with Crippen LogP contribution in [0.1, 0.15) is 11.1 Å². The topological polar surface area (TPSA) is 79.2 Å². The molecule has 0 aliphatic carbocycles. The number of hydrogen-bond acceptors (Lipinski definition) is 6. The van der Waals surface area contributed by atoms with E-state index in [9.17, 15) is 4.79 Å². The highest BCUT2D eigenvalue weighted by Gasteiger charge is 2.21. The first-order valence-corrected chi connectivity index (χ1v) is 11.2. The average molecular weight is 442 g/mol. The van der Waals surface area contributed by atoms with Crippen LogP contribution < -0.4 is 15.1 Å². The Bertz CT molecular complexity index is 1230. The molecule has 0 atom stereocenters. The standard InChI is InChI=1S/C25H27N7O/c1-19-7-9-20(10-8-19)15-26-23(33)17-32-25-22(16-29-32)24(27-18-28-25)31-13-11-30(12-14-31)21-5-3-2-4-6-21/h2-10,16,18H,11-15,17H2,1H3,(H,26,33). The maximum Gasteiger partial charge on any atom is 0.242 e. The molecule has 8 nitrogen and oxygen atoms in total. The van der Waals surface area contributed by atoms with E-state index in [0.29, 0.717) is 12.2 Å². The molecule has 33 heavy (non-hydrogen) atoms. The lowest BCUT2D eigenvalue weighted by Crippen LogP contribution is -2.46. The van der Waals surface area contributed by atoms with Crippen molar-refractivity contribution in [2.45, 2.75) is 20.0 Å². The smallest absolute Gasteiger partial charge is 0.242 e. The number of piperazine rings is 1. The Kier molecular flexibility index (Phi) is 5.89. The summed E-state index contributed by atoms with van der Waals surface area (Å²) in [7, 11) is 0. The van der Waals surface area contributed by atoms with Gasteiger partial charge in [-0.25, -0.2) is 14.6 Å². The fourth-order valence-electron chi connectivity index (χ4n) is 4.16. The Morgan fingerprint density at radius 2 is 1.67 bits per heavy atom. The maximum absolute atomic E-state index is 12.5. The van der Waals surface area contributed by atoms with E-state index in [0.717, 1.165) is 42.9 Å². The second-order valence-corrected chi connectivity index (χ2v) is 8.31. The zero-order chi connectivity index (χ0) is 22.6. The Morgan fingerprint density at radius 1 is 0.939 bits per heavy atom. The molecule has 0 saturated carbocycles. The molecule has 1 saturated heterocycles. The van der Waals surface area contributed by atoms with Gasteiger partial charge in [0.15, 0.2) is 5.65 Å². The van der Waals surface area contributed by atoms with Crippen LogP contribution in [0.5, 0.6) is 0 Å². The van der Waals surface area contributed by atoms with Crippen molar-refractivity contribution in [3.63, 3.8) is 0 Å². The van der Waals surface area contributed by atoms with Gasteiger partial charge in [-0.15, -0.1) is 0 Å². The molecule has 1 amide bonds. The minimum atomic E-state index is -0.0998. The van der Waals surface area contributed by atoms with E-state index in [4.69, 9.17) is 0 Å². The number of nitrogens with one attached hydrogen (secondary N) is 1. The molecule has 0 radical (unpaired) electrons. The number of fused-ring (bicyclic) bond motifs is 1. The van der Waals surface area contributed by atoms with Gasteiger partial charge in [0, 0.05) is 38.4 Å². The lowest BCUT2D eigenvalue weighted by atomic mass is 10.1. The summed E-state index contributed by atoms with van der Waals surface area (Å²) in [5, 5.41) is 8.27. The van der Waals surface area contributed by atoms with E-state index in [-0.39, 0.29) is 12.5 Å². The van der Waals surface area contributed by atoms with Gasteiger partial charge in [-0.2, -0.15) is 5.10 Å². The molecule has 0 unspecified atom stereocenters. The van der Waals surface area contributed by atoms with Gasteiger partial charge in [0.25, 0.3) is 0 Å². The second-order valence-electron chi connectivity index (χ2n) is 8.31. The molecule has 8 heteroatoms. The van der Waals surface area contributed by atoms with E-state index in [1.54, 1.807) is 17.2 Å². The quantitative estimate of drug-likeness (QED) is 0.496. The molecule has 1 aliphatic heterocycles. The molecule has 168 valence electrons. The van der Waals surface area contributed by atoms with Gasteiger partial charge in [0.1, 0.15) is 18.7 Å². The first-order chi connectivity index (χ1) is 16.2. The van der Waals surface area contributed by atoms with Crippen molar-refractivity contribution in [2.24, 2.45) is 0 Å². The van der Waals surface area contributed by atoms with Crippen molar-refractivity contribution in [1.29, 1.82) is 0 Å². The van der Waals surface area contributed by atoms with Crippen molar-refractivity contribution >= 4 is 28.4 Å². The summed E-state index contributed by atoms with van der Waals surface area (Å²) in [4.78, 5) is 26.1. The molecule has 0 spiro atoms. The lowest BCUT2D eigenvalue weighted by Gasteiger charge is -2.36. The van der Waals surface area contributed by atoms with Crippen LogP contribution >= 0.6 is 0 Å². The highest BCUT2D eigenvalue weighted by atomic mass is 16.2. The fourth-order valence-corrected chi connectivity index (χ4v) is 4.16. The first kappa shape index (κ1) is 20.9. The maximum atomic E-state index is 12.5. The third-order valence-corrected chi connectivity index (χ3v) is 6.02. The van der Waals surface area contributed by atoms with Crippen LogP contribution in [0, 0.1) is 6.92 Å². The number of para-hydroxylation sites is 1. The molecule has 1 fully saturated rings. The Labute approximate surface area is 192 Å². The predicted octanol–water partition coefficient (Wildman–Crippen LogP) is 2.78. The molecule has 1 aliphatic rings. The number of rotatable bonds is 6. The van der Waals surface area contributed by atoms with Crippen molar-refractivity contribution in [2.75, 3.05) is 36.0 Å². The van der Waals surface area contributed by atoms with Gasteiger partial charge in [-0.1, -0.05) is 48.0 Å². The summed E-state index contributed by atoms with van der Waals surface area (Å²) in [6.45, 7) is 6.23. The molecule has 5 rings (SSSR count). The summed E-state index contributed by atoms with van der Waals surface area (Å²) in [6, 6.07) is 18.6. The Hall–Kier alpha value is -3.94. The second kappa shape index (κ2) is 9.28. The van der Waals surface area contributed by atoms with E-state index in [2.05, 4.69) is 54.4 Å². The highest BCUT2D eigenvalue weighted by molar-refractivity contribution is 5.88. The van der Waals surface area contributed by atoms with Gasteiger partial charge in [0.2, 0.25) is 5.91 Å². The average Bonchev–Trinajstić information content (AvgIpc) is 3.27. The van der Waals surface area contributed by atoms with E-state index in [1.807, 2.05) is 37.3 Å². The number of hydrogen-bond donors (Lipinski definition) is 1. The number of amides is 1. The van der Waals surface area contributed by atoms with Gasteiger partial charge in [-0.05, 0) is 24.6 Å². The summed E-state index contributed by atoms with van der Waals surface area (Å²) in [5.74, 6) is 0.774. The molecule has 2 aromatic carbocycles. The van der Waals surface area contributed by atoms with Gasteiger partial charge >= 0.3 is 0 Å². The molecular formula is C25H27N7O. The zero-order valence-corrected chi connectivity index (χ0v) is 18.7. The molecule has 4 aromatic rings. The summed E-state index contributed by atoms with van der Waals surface area (Å²) in [6.07, 6.45) is 3.32. The summed E-state index contributed by atoms with van der Waals surface area (Å²) >= 11 is 0. The summed E-state index contributed by atoms with van der Waals surface area (Å²) < 4.78 is 1.64. The van der Waals surface area contributed by atoms with Crippen LogP contribution in [0.25, 0.3) is 11.0 Å². The minimum absolute atomic E-state index is 0.0998. The third-order valence-electron chi connectivity index (χ3n) is 6.02. The van der Waals surface area contributed by atoms with Crippen LogP contribution in [0.15, 0.2) is 67.1 Å². The van der Waals surface area contributed by atoms with Gasteiger partial charge in [-0.3, -0.25) is 4.79 Å². The number of aromatic nitrogens is 4. The fraction of sp³-hybridized carbons (Fsp3) is 0.280. The Balaban J connectivity index is 1.24. The summed E-state index contributed by atoms with van der Waals surface area (Å²) in [5.41, 5.74) is 4.19. The van der Waals surface area contributed by atoms with E-state index < -0.39 is 0 Å². The number of anilines is 2. The molecule has 1 N–H and O–H groups in total. The van der Waals surface area contributed by atoms with Crippen LogP contribution in [-0.2, 0) is 17.9 Å². The third kappa shape index (κ3) is 4.64. The normalized spacial score (nSPS) is 14.0. The van der Waals surface area contributed by atoms with Crippen LogP contribution in [0.3, 0.4) is 0 Å². The lowest BCUT2D eigenvalue weighted by molar-refractivity contribution is -0.121. The van der Waals surface area contributed by atoms with Gasteiger partial charge in [0.05, 0.1) is 11.6 Å². The van der Waals surface area contributed by atoms with Crippen LogP contribution in [-0.4, -0.2) is 51.8 Å². The molecule has 0 bridgehead atoms. The predicted molar refractivity (Wildman–Crippen MR) is 129 cm³/mol. The Morgan fingerprint density at radius 3 is 2.42 bits per heavy atom. The van der Waals surface area contributed by atoms with Crippen LogP contribution in [0.4, 0.5) is 11.5 Å².